The smallest absolute Gasteiger partial charge is 0.152 e. The van der Waals surface area contributed by atoms with Gasteiger partial charge in [0.05, 0.1) is 5.70 Å². The highest BCUT2D eigenvalue weighted by molar-refractivity contribution is 5.80. The molecule has 0 aliphatic carbocycles. The predicted molar refractivity (Wildman–Crippen MR) is 47.2 cm³/mol. The average molecular weight is 159 g/mol. The minimum atomic E-state index is 0.752. The summed E-state index contributed by atoms with van der Waals surface area (Å²) in [6.45, 7) is 0.855. The summed E-state index contributed by atoms with van der Waals surface area (Å²) in [5.74, 6) is 0. The van der Waals surface area contributed by atoms with E-state index in [0.29, 0.717) is 0 Å². The van der Waals surface area contributed by atoms with E-state index >= 15 is 0 Å². The number of carbonyl (C=O) groups is 1. The molecule has 0 bridgehead atoms. The van der Waals surface area contributed by atoms with E-state index < -0.39 is 0 Å². The Bertz CT molecular complexity index is 321. The summed E-state index contributed by atoms with van der Waals surface area (Å²) in [6.07, 6.45) is 12.6. The number of nitrogens with zero attached hydrogens (tertiary/aromatic N) is 1. The molecule has 0 saturated heterocycles. The van der Waals surface area contributed by atoms with E-state index in [2.05, 4.69) is 0 Å². The first kappa shape index (κ1) is 7.10. The zero-order valence-electron chi connectivity index (χ0n) is 6.60. The lowest BCUT2D eigenvalue weighted by Gasteiger charge is -2.25. The lowest BCUT2D eigenvalue weighted by molar-refractivity contribution is -0.104. The molecule has 0 aromatic heterocycles. The molecule has 0 amide bonds. The minimum absolute atomic E-state index is 0.752. The SMILES string of the molecule is O=CC1=C2C=CC=CN2CC=C1. The van der Waals surface area contributed by atoms with E-state index in [1.165, 1.54) is 0 Å². The Morgan fingerprint density at radius 2 is 2.25 bits per heavy atom. The van der Waals surface area contributed by atoms with Crippen molar-refractivity contribution in [3.05, 3.63) is 47.9 Å². The van der Waals surface area contributed by atoms with E-state index in [-0.39, 0.29) is 0 Å². The van der Waals surface area contributed by atoms with Gasteiger partial charge in [-0.3, -0.25) is 4.79 Å². The quantitative estimate of drug-likeness (QED) is 0.539. The molecule has 2 rings (SSSR count). The molecule has 0 aromatic carbocycles. The van der Waals surface area contributed by atoms with Crippen molar-refractivity contribution in [2.24, 2.45) is 0 Å². The van der Waals surface area contributed by atoms with Crippen LogP contribution in [0.4, 0.5) is 0 Å². The van der Waals surface area contributed by atoms with Crippen molar-refractivity contribution >= 4 is 6.29 Å². The predicted octanol–water partition coefficient (Wildman–Crippen LogP) is 1.39. The van der Waals surface area contributed by atoms with Crippen LogP contribution in [0.2, 0.25) is 0 Å². The summed E-state index contributed by atoms with van der Waals surface area (Å²) in [7, 11) is 0. The van der Waals surface area contributed by atoms with Gasteiger partial charge in [0.2, 0.25) is 0 Å². The Morgan fingerprint density at radius 3 is 3.08 bits per heavy atom. The highest BCUT2D eigenvalue weighted by atomic mass is 16.1. The molecule has 0 unspecified atom stereocenters. The van der Waals surface area contributed by atoms with Crippen molar-refractivity contribution in [3.8, 4) is 0 Å². The third-order valence-corrected chi connectivity index (χ3v) is 1.96. The molecule has 0 N–H and O–H groups in total. The number of hydrogen-bond donors (Lipinski definition) is 0. The second-order valence-electron chi connectivity index (χ2n) is 2.71. The van der Waals surface area contributed by atoms with E-state index in [0.717, 1.165) is 24.1 Å². The van der Waals surface area contributed by atoms with Crippen molar-refractivity contribution in [1.82, 2.24) is 4.90 Å². The van der Waals surface area contributed by atoms with Crippen LogP contribution in [0.25, 0.3) is 0 Å². The van der Waals surface area contributed by atoms with Crippen LogP contribution in [-0.2, 0) is 4.79 Å². The Kier molecular flexibility index (Phi) is 1.67. The molecule has 12 heavy (non-hydrogen) atoms. The molecule has 0 atom stereocenters. The fourth-order valence-electron chi connectivity index (χ4n) is 1.38. The normalized spacial score (nSPS) is 19.8. The first-order chi connectivity index (χ1) is 5.92. The van der Waals surface area contributed by atoms with Gasteiger partial charge in [0, 0.05) is 18.3 Å². The molecule has 0 spiro atoms. The van der Waals surface area contributed by atoms with Crippen molar-refractivity contribution in [2.45, 2.75) is 0 Å². The fraction of sp³-hybridized carbons (Fsp3) is 0.100. The standard InChI is InChI=1S/C10H9NO/c12-8-9-4-3-7-11-6-2-1-5-10(9)11/h1-6,8H,7H2. The van der Waals surface area contributed by atoms with Gasteiger partial charge >= 0.3 is 0 Å². The van der Waals surface area contributed by atoms with Crippen LogP contribution in [0.1, 0.15) is 0 Å². The second kappa shape index (κ2) is 2.81. The Hall–Kier alpha value is -1.57. The molecule has 60 valence electrons. The van der Waals surface area contributed by atoms with E-state index in [1.807, 2.05) is 41.5 Å². The van der Waals surface area contributed by atoms with Crippen molar-refractivity contribution < 1.29 is 4.79 Å². The minimum Gasteiger partial charge on any atom is -0.344 e. The molecule has 2 heterocycles. The van der Waals surface area contributed by atoms with Gasteiger partial charge in [0.25, 0.3) is 0 Å². The van der Waals surface area contributed by atoms with Gasteiger partial charge in [-0.25, -0.2) is 0 Å². The monoisotopic (exact) mass is 159 g/mol. The third-order valence-electron chi connectivity index (χ3n) is 1.96. The van der Waals surface area contributed by atoms with Crippen molar-refractivity contribution in [1.29, 1.82) is 0 Å². The zero-order valence-corrected chi connectivity index (χ0v) is 6.60. The summed E-state index contributed by atoms with van der Waals surface area (Å²) in [4.78, 5) is 12.7. The van der Waals surface area contributed by atoms with Crippen molar-refractivity contribution in [2.75, 3.05) is 6.54 Å². The van der Waals surface area contributed by atoms with Gasteiger partial charge in [-0.2, -0.15) is 0 Å². The van der Waals surface area contributed by atoms with Gasteiger partial charge in [-0.15, -0.1) is 0 Å². The summed E-state index contributed by atoms with van der Waals surface area (Å²) in [5, 5.41) is 0. The first-order valence-corrected chi connectivity index (χ1v) is 3.89. The number of allylic oxidation sites excluding steroid dienone is 5. The van der Waals surface area contributed by atoms with Crippen LogP contribution in [0.5, 0.6) is 0 Å². The Morgan fingerprint density at radius 1 is 1.33 bits per heavy atom. The number of rotatable bonds is 1. The van der Waals surface area contributed by atoms with Crippen LogP contribution in [0.3, 0.4) is 0 Å². The van der Waals surface area contributed by atoms with Crippen LogP contribution >= 0.6 is 0 Å². The van der Waals surface area contributed by atoms with E-state index in [1.54, 1.807) is 0 Å². The maximum absolute atomic E-state index is 10.6. The molecule has 0 fully saturated rings. The average Bonchev–Trinajstić information content (AvgIpc) is 2.17. The molecule has 0 saturated carbocycles. The van der Waals surface area contributed by atoms with E-state index in [9.17, 15) is 4.79 Å². The molecular weight excluding hydrogens is 150 g/mol. The molecule has 2 heteroatoms. The van der Waals surface area contributed by atoms with E-state index in [4.69, 9.17) is 0 Å². The highest BCUT2D eigenvalue weighted by Gasteiger charge is 2.12. The maximum atomic E-state index is 10.6. The number of hydrogen-bond acceptors (Lipinski definition) is 2. The Balaban J connectivity index is 2.46. The molecule has 2 aliphatic heterocycles. The summed E-state index contributed by atoms with van der Waals surface area (Å²) < 4.78 is 0. The zero-order chi connectivity index (χ0) is 8.39. The molecule has 2 aliphatic rings. The van der Waals surface area contributed by atoms with Crippen molar-refractivity contribution in [3.63, 3.8) is 0 Å². The fourth-order valence-corrected chi connectivity index (χ4v) is 1.38. The number of aldehydes is 1. The van der Waals surface area contributed by atoms with Crippen LogP contribution < -0.4 is 0 Å². The lowest BCUT2D eigenvalue weighted by atomic mass is 10.1. The number of fused-ring (bicyclic) bond motifs is 1. The maximum Gasteiger partial charge on any atom is 0.152 e. The molecule has 2 nitrogen and oxygen atoms in total. The van der Waals surface area contributed by atoms with Gasteiger partial charge < -0.3 is 4.90 Å². The van der Waals surface area contributed by atoms with Gasteiger partial charge in [0.1, 0.15) is 0 Å². The van der Waals surface area contributed by atoms with Crippen LogP contribution in [0, 0.1) is 0 Å². The van der Waals surface area contributed by atoms with Gasteiger partial charge in [-0.1, -0.05) is 18.2 Å². The molecule has 0 aromatic rings. The van der Waals surface area contributed by atoms with Gasteiger partial charge in [0.15, 0.2) is 6.29 Å². The van der Waals surface area contributed by atoms with Crippen LogP contribution in [-0.4, -0.2) is 17.7 Å². The van der Waals surface area contributed by atoms with Crippen LogP contribution in [0.15, 0.2) is 47.9 Å². The largest absolute Gasteiger partial charge is 0.344 e. The lowest BCUT2D eigenvalue weighted by Crippen LogP contribution is -2.21. The highest BCUT2D eigenvalue weighted by Crippen LogP contribution is 2.19. The Labute approximate surface area is 71.2 Å². The first-order valence-electron chi connectivity index (χ1n) is 3.89. The summed E-state index contributed by atoms with van der Waals surface area (Å²) in [6, 6.07) is 0. The summed E-state index contributed by atoms with van der Waals surface area (Å²) in [5.41, 5.74) is 1.75. The molecular formula is C10H9NO. The second-order valence-corrected chi connectivity index (χ2v) is 2.71. The number of carbonyl (C=O) groups excluding carboxylic acids is 1. The van der Waals surface area contributed by atoms with Gasteiger partial charge in [-0.05, 0) is 12.2 Å². The third kappa shape index (κ3) is 1.01. The summed E-state index contributed by atoms with van der Waals surface area (Å²) >= 11 is 0. The topological polar surface area (TPSA) is 20.3 Å². The molecule has 0 radical (unpaired) electrons.